The zero-order chi connectivity index (χ0) is 9.54. The molecule has 2 aliphatic rings. The van der Waals surface area contributed by atoms with Gasteiger partial charge in [0.15, 0.2) is 0 Å². The molecule has 0 saturated carbocycles. The van der Waals surface area contributed by atoms with Gasteiger partial charge in [-0.2, -0.15) is 28.6 Å². The number of nitrogens with zero attached hydrogens (tertiary/aromatic N) is 2. The predicted octanol–water partition coefficient (Wildman–Crippen LogP) is 1.54. The van der Waals surface area contributed by atoms with Crippen LogP contribution in [0, 0.1) is 0 Å². The molecule has 1 fully saturated rings. The molecule has 3 rings (SSSR count). The van der Waals surface area contributed by atoms with Crippen LogP contribution in [0.1, 0.15) is 17.3 Å². The van der Waals surface area contributed by atoms with E-state index in [0.29, 0.717) is 6.04 Å². The van der Waals surface area contributed by atoms with Crippen molar-refractivity contribution >= 4 is 29.3 Å². The van der Waals surface area contributed by atoms with Crippen molar-refractivity contribution in [3.8, 4) is 0 Å². The van der Waals surface area contributed by atoms with E-state index in [1.807, 2.05) is 23.5 Å². The highest BCUT2D eigenvalue weighted by Gasteiger charge is 2.27. The lowest BCUT2D eigenvalue weighted by Crippen LogP contribution is -2.26. The Morgan fingerprint density at radius 1 is 1.36 bits per heavy atom. The first-order valence-electron chi connectivity index (χ1n) is 4.87. The molecule has 3 heterocycles. The lowest BCUT2D eigenvalue weighted by molar-refractivity contribution is 0.512. The van der Waals surface area contributed by atoms with Crippen LogP contribution >= 0.6 is 23.5 Å². The van der Waals surface area contributed by atoms with E-state index in [0.717, 1.165) is 18.0 Å². The fraction of sp³-hybridized carbons (Fsp3) is 0.667. The molecule has 2 N–H and O–H groups in total. The molecule has 0 aromatic carbocycles. The molecule has 76 valence electrons. The Morgan fingerprint density at radius 3 is 2.93 bits per heavy atom. The third-order valence-corrected chi connectivity index (χ3v) is 5.06. The van der Waals surface area contributed by atoms with Gasteiger partial charge in [-0.05, 0) is 12.2 Å². The number of anilines is 1. The molecule has 1 aromatic heterocycles. The minimum atomic E-state index is 0.616. The van der Waals surface area contributed by atoms with Gasteiger partial charge in [-0.3, -0.25) is 4.68 Å². The number of hydrogen-bond acceptors (Lipinski definition) is 4. The fourth-order valence-corrected chi connectivity index (χ4v) is 3.68. The van der Waals surface area contributed by atoms with Crippen LogP contribution in [0.4, 0.5) is 5.82 Å². The Labute approximate surface area is 91.8 Å². The van der Waals surface area contributed by atoms with E-state index in [1.165, 1.54) is 28.5 Å². The number of nitrogens with two attached hydrogens (primary N) is 1. The van der Waals surface area contributed by atoms with Crippen molar-refractivity contribution in [3.05, 3.63) is 11.3 Å². The molecule has 0 radical (unpaired) electrons. The van der Waals surface area contributed by atoms with Crippen molar-refractivity contribution < 1.29 is 0 Å². The Morgan fingerprint density at radius 2 is 2.21 bits per heavy atom. The summed E-state index contributed by atoms with van der Waals surface area (Å²) < 4.78 is 2.19. The number of nitrogen functional groups attached to an aromatic ring is 1. The van der Waals surface area contributed by atoms with E-state index in [2.05, 4.69) is 9.78 Å². The summed E-state index contributed by atoms with van der Waals surface area (Å²) in [5.74, 6) is 5.48. The molecule has 1 aromatic rings. The van der Waals surface area contributed by atoms with Crippen LogP contribution in [0.3, 0.4) is 0 Å². The standard InChI is InChI=1S/C9H13N3S2/c10-9-7-1-2-13-5-8(7)12(11-9)6-3-14-4-6/h6H,1-5H2,(H2,10,11). The van der Waals surface area contributed by atoms with Gasteiger partial charge in [0.25, 0.3) is 0 Å². The molecular weight excluding hydrogens is 214 g/mol. The zero-order valence-corrected chi connectivity index (χ0v) is 9.53. The number of thioether (sulfide) groups is 2. The topological polar surface area (TPSA) is 43.8 Å². The van der Waals surface area contributed by atoms with Gasteiger partial charge in [-0.25, -0.2) is 0 Å². The van der Waals surface area contributed by atoms with Crippen LogP contribution < -0.4 is 5.73 Å². The molecule has 3 nitrogen and oxygen atoms in total. The maximum absolute atomic E-state index is 5.93. The SMILES string of the molecule is Nc1nn(C2CSC2)c2c1CCSC2. The summed E-state index contributed by atoms with van der Waals surface area (Å²) in [5.41, 5.74) is 8.64. The maximum Gasteiger partial charge on any atom is 0.148 e. The van der Waals surface area contributed by atoms with Crippen LogP contribution in [0.2, 0.25) is 0 Å². The summed E-state index contributed by atoms with van der Waals surface area (Å²) in [4.78, 5) is 0. The summed E-state index contributed by atoms with van der Waals surface area (Å²) in [5, 5.41) is 4.48. The largest absolute Gasteiger partial charge is 0.382 e. The van der Waals surface area contributed by atoms with E-state index in [9.17, 15) is 0 Å². The minimum absolute atomic E-state index is 0.616. The van der Waals surface area contributed by atoms with E-state index in [1.54, 1.807) is 0 Å². The Hall–Kier alpha value is -0.290. The molecule has 1 saturated heterocycles. The first-order chi connectivity index (χ1) is 6.86. The molecule has 2 aliphatic heterocycles. The Bertz CT molecular complexity index is 357. The van der Waals surface area contributed by atoms with Crippen molar-refractivity contribution in [2.75, 3.05) is 23.0 Å². The van der Waals surface area contributed by atoms with Crippen LogP contribution in [-0.2, 0) is 12.2 Å². The highest BCUT2D eigenvalue weighted by Crippen LogP contribution is 2.35. The van der Waals surface area contributed by atoms with Crippen LogP contribution in [0.5, 0.6) is 0 Å². The first kappa shape index (κ1) is 8.97. The van der Waals surface area contributed by atoms with E-state index in [-0.39, 0.29) is 0 Å². The van der Waals surface area contributed by atoms with Crippen molar-refractivity contribution in [1.29, 1.82) is 0 Å². The van der Waals surface area contributed by atoms with Crippen molar-refractivity contribution in [2.24, 2.45) is 0 Å². The van der Waals surface area contributed by atoms with Gasteiger partial charge in [0.2, 0.25) is 0 Å². The molecular formula is C9H13N3S2. The molecule has 0 bridgehead atoms. The Kier molecular flexibility index (Phi) is 2.17. The average molecular weight is 227 g/mol. The molecule has 5 heteroatoms. The van der Waals surface area contributed by atoms with Gasteiger partial charge in [0.05, 0.1) is 11.7 Å². The summed E-state index contributed by atoms with van der Waals surface area (Å²) in [6.45, 7) is 0. The lowest BCUT2D eigenvalue weighted by Gasteiger charge is -2.27. The molecule has 0 unspecified atom stereocenters. The van der Waals surface area contributed by atoms with Crippen LogP contribution in [0.25, 0.3) is 0 Å². The van der Waals surface area contributed by atoms with Gasteiger partial charge >= 0.3 is 0 Å². The maximum atomic E-state index is 5.93. The summed E-state index contributed by atoms with van der Waals surface area (Å²) >= 11 is 3.99. The number of rotatable bonds is 1. The minimum Gasteiger partial charge on any atom is -0.382 e. The van der Waals surface area contributed by atoms with Crippen LogP contribution in [0.15, 0.2) is 0 Å². The second kappa shape index (κ2) is 3.38. The van der Waals surface area contributed by atoms with Gasteiger partial charge in [0, 0.05) is 22.8 Å². The third kappa shape index (κ3) is 1.26. The second-order valence-electron chi connectivity index (χ2n) is 3.75. The highest BCUT2D eigenvalue weighted by atomic mass is 32.2. The van der Waals surface area contributed by atoms with Gasteiger partial charge < -0.3 is 5.73 Å². The van der Waals surface area contributed by atoms with E-state index >= 15 is 0 Å². The van der Waals surface area contributed by atoms with E-state index in [4.69, 9.17) is 5.73 Å². The summed E-state index contributed by atoms with van der Waals surface area (Å²) in [6, 6.07) is 0.616. The van der Waals surface area contributed by atoms with Crippen LogP contribution in [-0.4, -0.2) is 27.0 Å². The second-order valence-corrected chi connectivity index (χ2v) is 5.93. The number of fused-ring (bicyclic) bond motifs is 1. The fourth-order valence-electron chi connectivity index (χ4n) is 1.96. The Balaban J connectivity index is 2.02. The monoisotopic (exact) mass is 227 g/mol. The molecule has 0 amide bonds. The first-order valence-corrected chi connectivity index (χ1v) is 7.18. The van der Waals surface area contributed by atoms with Gasteiger partial charge in [0.1, 0.15) is 5.82 Å². The van der Waals surface area contributed by atoms with Crippen molar-refractivity contribution in [3.63, 3.8) is 0 Å². The smallest absolute Gasteiger partial charge is 0.148 e. The quantitative estimate of drug-likeness (QED) is 0.790. The lowest BCUT2D eigenvalue weighted by atomic mass is 10.2. The normalized spacial score (nSPS) is 21.7. The summed E-state index contributed by atoms with van der Waals surface area (Å²) in [6.07, 6.45) is 1.10. The molecule has 14 heavy (non-hydrogen) atoms. The predicted molar refractivity (Wildman–Crippen MR) is 62.9 cm³/mol. The molecule has 0 aliphatic carbocycles. The van der Waals surface area contributed by atoms with Gasteiger partial charge in [-0.1, -0.05) is 0 Å². The molecule has 0 spiro atoms. The van der Waals surface area contributed by atoms with E-state index < -0.39 is 0 Å². The highest BCUT2D eigenvalue weighted by molar-refractivity contribution is 8.00. The number of aromatic nitrogens is 2. The third-order valence-electron chi connectivity index (χ3n) is 2.85. The van der Waals surface area contributed by atoms with Crippen molar-refractivity contribution in [1.82, 2.24) is 9.78 Å². The zero-order valence-electron chi connectivity index (χ0n) is 7.90. The number of hydrogen-bond donors (Lipinski definition) is 1. The van der Waals surface area contributed by atoms with Crippen molar-refractivity contribution in [2.45, 2.75) is 18.2 Å². The molecule has 0 atom stereocenters. The van der Waals surface area contributed by atoms with Gasteiger partial charge in [-0.15, -0.1) is 0 Å². The summed E-state index contributed by atoms with van der Waals surface area (Å²) in [7, 11) is 0. The average Bonchev–Trinajstić information content (AvgIpc) is 2.43.